The summed E-state index contributed by atoms with van der Waals surface area (Å²) in [5, 5.41) is 0. The number of rotatable bonds is 1. The van der Waals surface area contributed by atoms with Gasteiger partial charge in [-0.15, -0.1) is 0 Å². The van der Waals surface area contributed by atoms with Crippen LogP contribution in [0.3, 0.4) is 0 Å². The third-order valence-electron chi connectivity index (χ3n) is 1.98. The number of epoxide rings is 1. The van der Waals surface area contributed by atoms with Crippen LogP contribution in [-0.4, -0.2) is 6.11 Å². The number of hydrogen-bond acceptors (Lipinski definition) is 1. The van der Waals surface area contributed by atoms with Crippen molar-refractivity contribution in [1.82, 2.24) is 0 Å². The van der Waals surface area contributed by atoms with Gasteiger partial charge in [-0.05, 0) is 12.1 Å². The minimum Gasteiger partial charge on any atom is -0.266 e. The molecule has 0 aromatic heterocycles. The molecule has 1 aliphatic rings. The standard InChI is InChI=1S/C8H2F6O/c9-4-2-1-3(5(10)6(4)11)7(12)8(13,14)15-7/h1-2H. The Kier molecular flexibility index (Phi) is 1.82. The maximum absolute atomic E-state index is 13.1. The molecule has 0 radical (unpaired) electrons. The minimum absolute atomic E-state index is 0.340. The van der Waals surface area contributed by atoms with E-state index in [0.29, 0.717) is 12.1 Å². The van der Waals surface area contributed by atoms with Gasteiger partial charge in [0.05, 0.1) is 5.56 Å². The molecular weight excluding hydrogens is 226 g/mol. The molecule has 2 rings (SSSR count). The topological polar surface area (TPSA) is 12.5 Å². The summed E-state index contributed by atoms with van der Waals surface area (Å²) in [7, 11) is 0. The van der Waals surface area contributed by atoms with Gasteiger partial charge in [0.15, 0.2) is 17.5 Å². The molecule has 0 bridgehead atoms. The second kappa shape index (κ2) is 2.66. The Bertz CT molecular complexity index is 431. The minimum atomic E-state index is -4.21. The SMILES string of the molecule is Fc1ccc(C2(F)OC2(F)F)c(F)c1F. The highest BCUT2D eigenvalue weighted by Gasteiger charge is 2.78. The highest BCUT2D eigenvalue weighted by molar-refractivity contribution is 5.29. The molecule has 0 aliphatic carbocycles. The first-order valence-electron chi connectivity index (χ1n) is 3.70. The fourth-order valence-electron chi connectivity index (χ4n) is 1.14. The Balaban J connectivity index is 2.53. The van der Waals surface area contributed by atoms with Crippen LogP contribution in [0.5, 0.6) is 0 Å². The van der Waals surface area contributed by atoms with Gasteiger partial charge in [-0.1, -0.05) is 0 Å². The molecular formula is C8H2F6O. The monoisotopic (exact) mass is 228 g/mol. The summed E-state index contributed by atoms with van der Waals surface area (Å²) in [6.07, 6.45) is -4.21. The summed E-state index contributed by atoms with van der Waals surface area (Å²) in [6.45, 7) is 0. The Morgan fingerprint density at radius 2 is 1.47 bits per heavy atom. The molecule has 1 unspecified atom stereocenters. The molecule has 0 saturated carbocycles. The predicted molar refractivity (Wildman–Crippen MR) is 35.1 cm³/mol. The normalized spacial score (nSPS) is 27.9. The molecule has 0 amide bonds. The Hall–Kier alpha value is -1.24. The summed E-state index contributed by atoms with van der Waals surface area (Å²) < 4.78 is 78.9. The second-order valence-electron chi connectivity index (χ2n) is 2.94. The van der Waals surface area contributed by atoms with Gasteiger partial charge in [0.1, 0.15) is 0 Å². The van der Waals surface area contributed by atoms with Crippen molar-refractivity contribution in [2.45, 2.75) is 12.0 Å². The van der Waals surface area contributed by atoms with Crippen molar-refractivity contribution in [2.75, 3.05) is 0 Å². The van der Waals surface area contributed by atoms with Crippen molar-refractivity contribution in [3.8, 4) is 0 Å². The quantitative estimate of drug-likeness (QED) is 0.409. The molecule has 1 saturated heterocycles. The molecule has 1 heterocycles. The average molecular weight is 228 g/mol. The second-order valence-corrected chi connectivity index (χ2v) is 2.94. The van der Waals surface area contributed by atoms with E-state index in [1.165, 1.54) is 0 Å². The summed E-state index contributed by atoms with van der Waals surface area (Å²) in [5.41, 5.74) is -1.36. The highest BCUT2D eigenvalue weighted by atomic mass is 19.3. The van der Waals surface area contributed by atoms with Crippen molar-refractivity contribution in [3.05, 3.63) is 35.1 Å². The van der Waals surface area contributed by atoms with Crippen molar-refractivity contribution < 1.29 is 31.1 Å². The number of benzene rings is 1. The molecule has 1 aliphatic heterocycles. The van der Waals surface area contributed by atoms with E-state index >= 15 is 0 Å². The molecule has 1 aromatic rings. The highest BCUT2D eigenvalue weighted by Crippen LogP contribution is 2.59. The molecule has 82 valence electrons. The Morgan fingerprint density at radius 1 is 0.933 bits per heavy atom. The molecule has 15 heavy (non-hydrogen) atoms. The fourth-order valence-corrected chi connectivity index (χ4v) is 1.14. The van der Waals surface area contributed by atoms with Crippen LogP contribution in [0.2, 0.25) is 0 Å². The lowest BCUT2D eigenvalue weighted by molar-refractivity contribution is -0.00191. The largest absolute Gasteiger partial charge is 0.422 e. The van der Waals surface area contributed by atoms with E-state index in [9.17, 15) is 26.3 Å². The lowest BCUT2D eigenvalue weighted by Crippen LogP contribution is -2.13. The lowest BCUT2D eigenvalue weighted by Gasteiger charge is -2.04. The van der Waals surface area contributed by atoms with E-state index in [-0.39, 0.29) is 0 Å². The van der Waals surface area contributed by atoms with Crippen LogP contribution in [0.25, 0.3) is 0 Å². The molecule has 0 N–H and O–H groups in total. The van der Waals surface area contributed by atoms with Crippen LogP contribution in [0.15, 0.2) is 12.1 Å². The average Bonchev–Trinajstić information content (AvgIpc) is 2.63. The van der Waals surface area contributed by atoms with Crippen LogP contribution in [0.4, 0.5) is 26.3 Å². The number of hydrogen-bond donors (Lipinski definition) is 0. The van der Waals surface area contributed by atoms with Crippen LogP contribution in [0, 0.1) is 17.5 Å². The van der Waals surface area contributed by atoms with E-state index in [4.69, 9.17) is 0 Å². The summed E-state index contributed by atoms with van der Waals surface area (Å²) in [5.74, 6) is -9.33. The van der Waals surface area contributed by atoms with Gasteiger partial charge in [-0.3, -0.25) is 4.74 Å². The summed E-state index contributed by atoms with van der Waals surface area (Å²) >= 11 is 0. The maximum atomic E-state index is 13.1. The zero-order valence-electron chi connectivity index (χ0n) is 6.83. The van der Waals surface area contributed by atoms with Gasteiger partial charge in [0.2, 0.25) is 0 Å². The maximum Gasteiger partial charge on any atom is 0.422 e. The van der Waals surface area contributed by atoms with E-state index in [0.717, 1.165) is 0 Å². The fraction of sp³-hybridized carbons (Fsp3) is 0.250. The first-order chi connectivity index (χ1) is 6.79. The van der Waals surface area contributed by atoms with Gasteiger partial charge in [0, 0.05) is 0 Å². The third kappa shape index (κ3) is 1.22. The number of halogens is 6. The number of ether oxygens (including phenoxy) is 1. The van der Waals surface area contributed by atoms with Gasteiger partial charge >= 0.3 is 12.0 Å². The lowest BCUT2D eigenvalue weighted by atomic mass is 10.1. The number of alkyl halides is 3. The molecule has 1 atom stereocenters. The first-order valence-corrected chi connectivity index (χ1v) is 3.70. The smallest absolute Gasteiger partial charge is 0.266 e. The predicted octanol–water partition coefficient (Wildman–Crippen LogP) is 2.85. The summed E-state index contributed by atoms with van der Waals surface area (Å²) in [6, 6.07) is 0.710. The van der Waals surface area contributed by atoms with Crippen molar-refractivity contribution in [3.63, 3.8) is 0 Å². The Morgan fingerprint density at radius 3 is 1.93 bits per heavy atom. The summed E-state index contributed by atoms with van der Waals surface area (Å²) in [4.78, 5) is 0. The van der Waals surface area contributed by atoms with Crippen LogP contribution >= 0.6 is 0 Å². The molecule has 1 nitrogen and oxygen atoms in total. The van der Waals surface area contributed by atoms with Gasteiger partial charge in [-0.2, -0.15) is 13.2 Å². The van der Waals surface area contributed by atoms with E-state index in [2.05, 4.69) is 4.74 Å². The van der Waals surface area contributed by atoms with Crippen molar-refractivity contribution >= 4 is 0 Å². The van der Waals surface area contributed by atoms with Gasteiger partial charge < -0.3 is 0 Å². The molecule has 1 aromatic carbocycles. The van der Waals surface area contributed by atoms with Crippen molar-refractivity contribution in [1.29, 1.82) is 0 Å². The van der Waals surface area contributed by atoms with E-state index in [1.54, 1.807) is 0 Å². The van der Waals surface area contributed by atoms with Crippen LogP contribution in [0.1, 0.15) is 5.56 Å². The zero-order valence-corrected chi connectivity index (χ0v) is 6.83. The van der Waals surface area contributed by atoms with E-state index < -0.39 is 35.0 Å². The van der Waals surface area contributed by atoms with Crippen LogP contribution < -0.4 is 0 Å². The van der Waals surface area contributed by atoms with Crippen LogP contribution in [-0.2, 0) is 10.6 Å². The van der Waals surface area contributed by atoms with Gasteiger partial charge in [-0.25, -0.2) is 13.2 Å². The molecule has 7 heteroatoms. The van der Waals surface area contributed by atoms with Gasteiger partial charge in [0.25, 0.3) is 0 Å². The molecule has 1 fully saturated rings. The van der Waals surface area contributed by atoms with E-state index in [1.807, 2.05) is 0 Å². The molecule has 0 spiro atoms. The zero-order chi connectivity index (χ0) is 11.4. The van der Waals surface area contributed by atoms with Crippen molar-refractivity contribution in [2.24, 2.45) is 0 Å². The Labute approximate surface area is 79.3 Å². The third-order valence-corrected chi connectivity index (χ3v) is 1.98. The first kappa shape index (κ1) is 10.3.